The van der Waals surface area contributed by atoms with Crippen molar-refractivity contribution in [3.63, 3.8) is 0 Å². The minimum Gasteiger partial charge on any atom is -0.339 e. The van der Waals surface area contributed by atoms with E-state index >= 15 is 0 Å². The molecule has 0 radical (unpaired) electrons. The topological polar surface area (TPSA) is 59.6 Å². The monoisotopic (exact) mass is 400 g/mol. The summed E-state index contributed by atoms with van der Waals surface area (Å²) in [5.41, 5.74) is 3.62. The number of carbonyl (C=O) groups excluding carboxylic acids is 1. The van der Waals surface area contributed by atoms with E-state index in [4.69, 9.17) is 0 Å². The quantitative estimate of drug-likeness (QED) is 0.527. The van der Waals surface area contributed by atoms with Gasteiger partial charge >= 0.3 is 0 Å². The molecule has 1 amide bonds. The molecule has 0 saturated carbocycles. The third-order valence-electron chi connectivity index (χ3n) is 5.93. The van der Waals surface area contributed by atoms with Crippen LogP contribution in [0.5, 0.6) is 0 Å². The van der Waals surface area contributed by atoms with Crippen LogP contribution < -0.4 is 5.56 Å². The second-order valence-corrected chi connectivity index (χ2v) is 7.92. The number of fused-ring (bicyclic) bond motifs is 3. The van der Waals surface area contributed by atoms with Gasteiger partial charge in [-0.2, -0.15) is 5.10 Å². The summed E-state index contributed by atoms with van der Waals surface area (Å²) in [6, 6.07) is 17.3. The van der Waals surface area contributed by atoms with Crippen LogP contribution in [0.1, 0.15) is 41.6 Å². The molecule has 0 bridgehead atoms. The first-order valence-electron chi connectivity index (χ1n) is 10.6. The summed E-state index contributed by atoms with van der Waals surface area (Å²) in [6.07, 6.45) is 6.09. The summed E-state index contributed by atoms with van der Waals surface area (Å²) in [4.78, 5) is 28.4. The average molecular weight is 400 g/mol. The fraction of sp³-hybridized carbons (Fsp3) is 0.292. The number of hydrogen-bond donors (Lipinski definition) is 0. The van der Waals surface area contributed by atoms with Crippen molar-refractivity contribution in [3.8, 4) is 0 Å². The summed E-state index contributed by atoms with van der Waals surface area (Å²) in [5.74, 6) is 0.0399. The fourth-order valence-corrected chi connectivity index (χ4v) is 4.34. The molecule has 2 aromatic heterocycles. The second-order valence-electron chi connectivity index (χ2n) is 7.92. The lowest BCUT2D eigenvalue weighted by atomic mass is 10.1. The van der Waals surface area contributed by atoms with E-state index in [-0.39, 0.29) is 11.5 Å². The largest absolute Gasteiger partial charge is 0.339 e. The Kier molecular flexibility index (Phi) is 4.83. The Balaban J connectivity index is 1.66. The maximum absolute atomic E-state index is 13.2. The van der Waals surface area contributed by atoms with Gasteiger partial charge in [0.05, 0.1) is 23.8 Å². The number of nitrogens with zero attached hydrogens (tertiary/aromatic N) is 4. The van der Waals surface area contributed by atoms with E-state index in [1.807, 2.05) is 53.4 Å². The minimum atomic E-state index is -0.108. The third kappa shape index (κ3) is 3.28. The molecule has 3 heterocycles. The number of aromatic nitrogens is 3. The molecule has 4 aromatic rings. The molecule has 1 aliphatic rings. The van der Waals surface area contributed by atoms with Gasteiger partial charge in [-0.05, 0) is 42.7 Å². The van der Waals surface area contributed by atoms with E-state index in [0.717, 1.165) is 42.5 Å². The third-order valence-corrected chi connectivity index (χ3v) is 5.93. The normalized spacial score (nSPS) is 14.9. The van der Waals surface area contributed by atoms with Crippen LogP contribution in [0.3, 0.4) is 0 Å². The number of amides is 1. The zero-order valence-corrected chi connectivity index (χ0v) is 16.8. The average Bonchev–Trinajstić information content (AvgIpc) is 3.12. The smallest absolute Gasteiger partial charge is 0.277 e. The van der Waals surface area contributed by atoms with Crippen LogP contribution in [0.25, 0.3) is 16.6 Å². The van der Waals surface area contributed by atoms with Gasteiger partial charge in [0.1, 0.15) is 5.52 Å². The Hall–Kier alpha value is -3.41. The molecule has 0 unspecified atom stereocenters. The van der Waals surface area contributed by atoms with E-state index in [0.29, 0.717) is 17.6 Å². The maximum atomic E-state index is 13.2. The van der Waals surface area contributed by atoms with Crippen molar-refractivity contribution in [2.24, 2.45) is 0 Å². The Labute approximate surface area is 174 Å². The summed E-state index contributed by atoms with van der Waals surface area (Å²) in [6.45, 7) is 2.04. The molecule has 6 heteroatoms. The predicted molar refractivity (Wildman–Crippen MR) is 117 cm³/mol. The first-order chi connectivity index (χ1) is 14.7. The summed E-state index contributed by atoms with van der Waals surface area (Å²) < 4.78 is 3.42. The van der Waals surface area contributed by atoms with Gasteiger partial charge in [-0.3, -0.25) is 9.59 Å². The molecule has 0 N–H and O–H groups in total. The Bertz CT molecular complexity index is 1270. The summed E-state index contributed by atoms with van der Waals surface area (Å²) in [5, 5.41) is 4.34. The molecule has 0 atom stereocenters. The molecule has 1 saturated heterocycles. The number of rotatable bonds is 3. The van der Waals surface area contributed by atoms with Crippen molar-refractivity contribution >= 4 is 22.5 Å². The number of likely N-dealkylation sites (tertiary alicyclic amines) is 1. The molecule has 5 rings (SSSR count). The van der Waals surface area contributed by atoms with Gasteiger partial charge in [0.15, 0.2) is 0 Å². The van der Waals surface area contributed by atoms with E-state index < -0.39 is 0 Å². The lowest BCUT2D eigenvalue weighted by Crippen LogP contribution is -2.32. The van der Waals surface area contributed by atoms with Crippen molar-refractivity contribution in [1.82, 2.24) is 19.1 Å². The van der Waals surface area contributed by atoms with Crippen LogP contribution >= 0.6 is 0 Å². The lowest BCUT2D eigenvalue weighted by Gasteiger charge is -2.21. The molecule has 0 aliphatic carbocycles. The highest BCUT2D eigenvalue weighted by Gasteiger charge is 2.19. The minimum absolute atomic E-state index is 0.0399. The van der Waals surface area contributed by atoms with Crippen molar-refractivity contribution < 1.29 is 4.79 Å². The molecule has 30 heavy (non-hydrogen) atoms. The molecule has 0 spiro atoms. The summed E-state index contributed by atoms with van der Waals surface area (Å²) in [7, 11) is 0. The van der Waals surface area contributed by atoms with Gasteiger partial charge in [-0.15, -0.1) is 0 Å². The molecule has 2 aromatic carbocycles. The van der Waals surface area contributed by atoms with Gasteiger partial charge in [0, 0.05) is 18.7 Å². The maximum Gasteiger partial charge on any atom is 0.277 e. The van der Waals surface area contributed by atoms with Gasteiger partial charge in [-0.1, -0.05) is 43.2 Å². The molecular formula is C24H24N4O2. The number of hydrogen-bond acceptors (Lipinski definition) is 3. The molecule has 6 nitrogen and oxygen atoms in total. The van der Waals surface area contributed by atoms with E-state index in [1.54, 1.807) is 21.3 Å². The van der Waals surface area contributed by atoms with Crippen molar-refractivity contribution in [2.75, 3.05) is 13.1 Å². The molecular weight excluding hydrogens is 376 g/mol. The Morgan fingerprint density at radius 2 is 1.63 bits per heavy atom. The van der Waals surface area contributed by atoms with Crippen LogP contribution in [0.2, 0.25) is 0 Å². The van der Waals surface area contributed by atoms with Gasteiger partial charge < -0.3 is 9.47 Å². The van der Waals surface area contributed by atoms with Crippen LogP contribution in [-0.4, -0.2) is 38.1 Å². The van der Waals surface area contributed by atoms with Crippen LogP contribution in [-0.2, 0) is 6.54 Å². The van der Waals surface area contributed by atoms with Gasteiger partial charge in [-0.25, -0.2) is 4.52 Å². The van der Waals surface area contributed by atoms with Crippen molar-refractivity contribution in [2.45, 2.75) is 32.2 Å². The standard InChI is InChI=1S/C24H24N4O2/c29-23(26-14-6-1-2-7-15-26)19-10-11-20-22(16-19)27(17-18-8-4-3-5-9-18)24(30)21-12-13-25-28(20)21/h3-5,8-13,16H,1-2,6-7,14-15,17H2. The first-order valence-corrected chi connectivity index (χ1v) is 10.6. The molecule has 1 aliphatic heterocycles. The van der Waals surface area contributed by atoms with E-state index in [1.165, 1.54) is 12.8 Å². The Morgan fingerprint density at radius 3 is 2.40 bits per heavy atom. The van der Waals surface area contributed by atoms with Gasteiger partial charge in [0.2, 0.25) is 0 Å². The first kappa shape index (κ1) is 18.6. The predicted octanol–water partition coefficient (Wildman–Crippen LogP) is 3.71. The number of carbonyl (C=O) groups is 1. The van der Waals surface area contributed by atoms with E-state index in [2.05, 4.69) is 5.10 Å². The zero-order chi connectivity index (χ0) is 20.5. The zero-order valence-electron chi connectivity index (χ0n) is 16.8. The lowest BCUT2D eigenvalue weighted by molar-refractivity contribution is 0.0762. The highest BCUT2D eigenvalue weighted by atomic mass is 16.2. The highest BCUT2D eigenvalue weighted by molar-refractivity contribution is 5.97. The van der Waals surface area contributed by atoms with Crippen molar-refractivity contribution in [3.05, 3.63) is 82.3 Å². The highest BCUT2D eigenvalue weighted by Crippen LogP contribution is 2.20. The fourth-order valence-electron chi connectivity index (χ4n) is 4.34. The molecule has 152 valence electrons. The second kappa shape index (κ2) is 7.78. The van der Waals surface area contributed by atoms with Crippen LogP contribution in [0.15, 0.2) is 65.6 Å². The SMILES string of the molecule is O=C(c1ccc2c(c1)n(Cc1ccccc1)c(=O)c1ccnn12)N1CCCCCC1. The number of benzene rings is 2. The molecule has 1 fully saturated rings. The van der Waals surface area contributed by atoms with Crippen LogP contribution in [0, 0.1) is 0 Å². The van der Waals surface area contributed by atoms with Crippen LogP contribution in [0.4, 0.5) is 0 Å². The van der Waals surface area contributed by atoms with Crippen molar-refractivity contribution in [1.29, 1.82) is 0 Å². The summed E-state index contributed by atoms with van der Waals surface area (Å²) >= 11 is 0. The van der Waals surface area contributed by atoms with Gasteiger partial charge in [0.25, 0.3) is 11.5 Å². The Morgan fingerprint density at radius 1 is 0.867 bits per heavy atom. The van der Waals surface area contributed by atoms with E-state index in [9.17, 15) is 9.59 Å².